The topological polar surface area (TPSA) is 46.4 Å². The number of benzene rings is 2. The third-order valence-electron chi connectivity index (χ3n) is 3.39. The fourth-order valence-electron chi connectivity index (χ4n) is 2.13. The Morgan fingerprint density at radius 1 is 1.10 bits per heavy atom. The van der Waals surface area contributed by atoms with Crippen LogP contribution >= 0.6 is 0 Å². The SMILES string of the molecule is Cc1ccc(N(C)C(Cc2ccccc2)[N+](=O)[O-])cc1. The van der Waals surface area contributed by atoms with Crippen molar-refractivity contribution in [2.24, 2.45) is 0 Å². The van der Waals surface area contributed by atoms with Crippen LogP contribution in [-0.4, -0.2) is 18.1 Å². The van der Waals surface area contributed by atoms with Gasteiger partial charge in [0.05, 0.1) is 6.42 Å². The zero-order valence-electron chi connectivity index (χ0n) is 11.7. The summed E-state index contributed by atoms with van der Waals surface area (Å²) < 4.78 is 0. The Morgan fingerprint density at radius 2 is 1.70 bits per heavy atom. The first-order valence-corrected chi connectivity index (χ1v) is 6.55. The lowest BCUT2D eigenvalue weighted by Gasteiger charge is -2.23. The maximum atomic E-state index is 11.3. The van der Waals surface area contributed by atoms with Crippen LogP contribution in [0.5, 0.6) is 0 Å². The number of anilines is 1. The quantitative estimate of drug-likeness (QED) is 0.476. The van der Waals surface area contributed by atoms with Crippen LogP contribution in [0.4, 0.5) is 5.69 Å². The largest absolute Gasteiger partial charge is 0.313 e. The summed E-state index contributed by atoms with van der Waals surface area (Å²) in [6, 6.07) is 17.3. The first kappa shape index (κ1) is 14.1. The van der Waals surface area contributed by atoms with Crippen LogP contribution < -0.4 is 4.90 Å². The summed E-state index contributed by atoms with van der Waals surface area (Å²) in [5.74, 6) is 0. The van der Waals surface area contributed by atoms with E-state index in [4.69, 9.17) is 0 Å². The van der Waals surface area contributed by atoms with Crippen LogP contribution in [0.3, 0.4) is 0 Å². The smallest absolute Gasteiger partial charge is 0.290 e. The molecule has 0 aliphatic heterocycles. The van der Waals surface area contributed by atoms with E-state index >= 15 is 0 Å². The van der Waals surface area contributed by atoms with Gasteiger partial charge in [0.2, 0.25) is 0 Å². The standard InChI is InChI=1S/C16H18N2O2/c1-13-8-10-15(11-9-13)17(2)16(18(19)20)12-14-6-4-3-5-7-14/h3-11,16H,12H2,1-2H3. The average Bonchev–Trinajstić information content (AvgIpc) is 2.45. The lowest BCUT2D eigenvalue weighted by molar-refractivity contribution is -0.520. The highest BCUT2D eigenvalue weighted by Gasteiger charge is 2.26. The molecule has 104 valence electrons. The van der Waals surface area contributed by atoms with Gasteiger partial charge in [0.1, 0.15) is 0 Å². The normalized spacial score (nSPS) is 11.9. The molecule has 0 aliphatic carbocycles. The summed E-state index contributed by atoms with van der Waals surface area (Å²) in [5.41, 5.74) is 2.96. The van der Waals surface area contributed by atoms with Gasteiger partial charge in [-0.25, -0.2) is 0 Å². The Labute approximate surface area is 118 Å². The zero-order chi connectivity index (χ0) is 14.5. The van der Waals surface area contributed by atoms with Crippen molar-refractivity contribution in [1.82, 2.24) is 0 Å². The molecule has 1 atom stereocenters. The molecule has 0 saturated carbocycles. The maximum absolute atomic E-state index is 11.3. The minimum Gasteiger partial charge on any atom is -0.313 e. The van der Waals surface area contributed by atoms with E-state index in [1.54, 1.807) is 11.9 Å². The van der Waals surface area contributed by atoms with E-state index in [1.807, 2.05) is 61.5 Å². The summed E-state index contributed by atoms with van der Waals surface area (Å²) in [5, 5.41) is 11.3. The molecule has 0 saturated heterocycles. The predicted octanol–water partition coefficient (Wildman–Crippen LogP) is 3.28. The molecule has 0 aliphatic rings. The van der Waals surface area contributed by atoms with Gasteiger partial charge >= 0.3 is 0 Å². The maximum Gasteiger partial charge on any atom is 0.290 e. The molecule has 20 heavy (non-hydrogen) atoms. The molecule has 0 N–H and O–H groups in total. The van der Waals surface area contributed by atoms with Crippen molar-refractivity contribution < 1.29 is 4.92 Å². The van der Waals surface area contributed by atoms with Gasteiger partial charge in [-0.1, -0.05) is 48.0 Å². The molecule has 0 spiro atoms. The summed E-state index contributed by atoms with van der Waals surface area (Å²) in [6.45, 7) is 2.00. The van der Waals surface area contributed by atoms with Gasteiger partial charge in [-0.3, -0.25) is 10.1 Å². The molecule has 0 fully saturated rings. The zero-order valence-corrected chi connectivity index (χ0v) is 11.7. The lowest BCUT2D eigenvalue weighted by atomic mass is 10.1. The molecule has 0 amide bonds. The number of likely N-dealkylation sites (N-methyl/N-ethyl adjacent to an activating group) is 1. The van der Waals surface area contributed by atoms with E-state index in [1.165, 1.54) is 0 Å². The van der Waals surface area contributed by atoms with Crippen molar-refractivity contribution in [1.29, 1.82) is 0 Å². The second-order valence-electron chi connectivity index (χ2n) is 4.90. The van der Waals surface area contributed by atoms with Crippen molar-refractivity contribution >= 4 is 5.69 Å². The molecule has 0 aromatic heterocycles. The van der Waals surface area contributed by atoms with E-state index in [-0.39, 0.29) is 4.92 Å². The number of nitrogens with zero attached hydrogens (tertiary/aromatic N) is 2. The molecule has 4 heteroatoms. The molecule has 0 bridgehead atoms. The van der Waals surface area contributed by atoms with Gasteiger partial charge in [-0.15, -0.1) is 0 Å². The minimum absolute atomic E-state index is 0.229. The number of rotatable bonds is 5. The molecule has 4 nitrogen and oxygen atoms in total. The van der Waals surface area contributed by atoms with Crippen LogP contribution in [0.2, 0.25) is 0 Å². The van der Waals surface area contributed by atoms with Crippen LogP contribution in [-0.2, 0) is 6.42 Å². The molecule has 2 aromatic rings. The van der Waals surface area contributed by atoms with Crippen molar-refractivity contribution in [2.45, 2.75) is 19.5 Å². The highest BCUT2D eigenvalue weighted by Crippen LogP contribution is 2.18. The molecule has 0 radical (unpaired) electrons. The Morgan fingerprint density at radius 3 is 2.25 bits per heavy atom. The van der Waals surface area contributed by atoms with Gasteiger partial charge in [-0.05, 0) is 24.6 Å². The number of aryl methyl sites for hydroxylation is 1. The first-order valence-electron chi connectivity index (χ1n) is 6.55. The highest BCUT2D eigenvalue weighted by molar-refractivity contribution is 5.47. The van der Waals surface area contributed by atoms with E-state index in [0.29, 0.717) is 6.42 Å². The van der Waals surface area contributed by atoms with Crippen molar-refractivity contribution in [3.05, 3.63) is 75.8 Å². The molecule has 1 unspecified atom stereocenters. The third-order valence-corrected chi connectivity index (χ3v) is 3.39. The molecule has 0 heterocycles. The molecular formula is C16H18N2O2. The van der Waals surface area contributed by atoms with E-state index < -0.39 is 6.17 Å². The van der Waals surface area contributed by atoms with Gasteiger partial charge in [-0.2, -0.15) is 0 Å². The van der Waals surface area contributed by atoms with Crippen molar-refractivity contribution in [3.63, 3.8) is 0 Å². The second kappa shape index (κ2) is 6.19. The van der Waals surface area contributed by atoms with Crippen LogP contribution in [0.25, 0.3) is 0 Å². The Bertz CT molecular complexity index is 567. The summed E-state index contributed by atoms with van der Waals surface area (Å²) in [6.07, 6.45) is -0.377. The number of hydrogen-bond donors (Lipinski definition) is 0. The number of nitro groups is 1. The molecular weight excluding hydrogens is 252 g/mol. The van der Waals surface area contributed by atoms with Gasteiger partial charge in [0.15, 0.2) is 0 Å². The summed E-state index contributed by atoms with van der Waals surface area (Å²) in [7, 11) is 1.76. The van der Waals surface area contributed by atoms with Crippen LogP contribution in [0, 0.1) is 17.0 Å². The Kier molecular flexibility index (Phi) is 4.35. The average molecular weight is 270 g/mol. The van der Waals surface area contributed by atoms with E-state index in [2.05, 4.69) is 0 Å². The fourth-order valence-corrected chi connectivity index (χ4v) is 2.13. The van der Waals surface area contributed by atoms with Gasteiger partial charge in [0, 0.05) is 17.7 Å². The monoisotopic (exact) mass is 270 g/mol. The number of hydrogen-bond acceptors (Lipinski definition) is 3. The van der Waals surface area contributed by atoms with Gasteiger partial charge in [0.25, 0.3) is 6.17 Å². The van der Waals surface area contributed by atoms with E-state index in [9.17, 15) is 10.1 Å². The summed E-state index contributed by atoms with van der Waals surface area (Å²) >= 11 is 0. The lowest BCUT2D eigenvalue weighted by Crippen LogP contribution is -2.40. The van der Waals surface area contributed by atoms with Crippen LogP contribution in [0.15, 0.2) is 54.6 Å². The second-order valence-corrected chi connectivity index (χ2v) is 4.90. The van der Waals surface area contributed by atoms with Crippen molar-refractivity contribution in [2.75, 3.05) is 11.9 Å². The predicted molar refractivity (Wildman–Crippen MR) is 80.5 cm³/mol. The van der Waals surface area contributed by atoms with Crippen LogP contribution in [0.1, 0.15) is 11.1 Å². The summed E-state index contributed by atoms with van der Waals surface area (Å²) in [4.78, 5) is 12.8. The Balaban J connectivity index is 2.20. The Hall–Kier alpha value is -2.36. The minimum atomic E-state index is -0.764. The third kappa shape index (κ3) is 3.35. The first-order chi connectivity index (χ1) is 9.58. The highest BCUT2D eigenvalue weighted by atomic mass is 16.6. The van der Waals surface area contributed by atoms with Gasteiger partial charge < -0.3 is 4.90 Å². The molecule has 2 rings (SSSR count). The fraction of sp³-hybridized carbons (Fsp3) is 0.250. The van der Waals surface area contributed by atoms with Crippen molar-refractivity contribution in [3.8, 4) is 0 Å². The van der Waals surface area contributed by atoms with E-state index in [0.717, 1.165) is 16.8 Å². The molecule has 2 aromatic carbocycles.